The fraction of sp³-hybridized carbons (Fsp3) is 0.364. The third kappa shape index (κ3) is 4.52. The number of aryl methyl sites for hydroxylation is 2. The van der Waals surface area contributed by atoms with Crippen molar-refractivity contribution < 1.29 is 18.9 Å². The summed E-state index contributed by atoms with van der Waals surface area (Å²) in [4.78, 5) is 24.9. The Kier molecular flexibility index (Phi) is 5.56. The van der Waals surface area contributed by atoms with E-state index in [1.165, 1.54) is 0 Å². The lowest BCUT2D eigenvalue weighted by Crippen LogP contribution is -2.42. The zero-order valence-electron chi connectivity index (χ0n) is 17.8. The van der Waals surface area contributed by atoms with Gasteiger partial charge in [0.1, 0.15) is 0 Å². The molecular formula is C22H27BN2O4. The molecule has 1 heterocycles. The molecule has 0 unspecified atom stereocenters. The minimum atomic E-state index is -0.558. The summed E-state index contributed by atoms with van der Waals surface area (Å²) in [6.45, 7) is 11.8. The number of nitrogens with one attached hydrogen (secondary N) is 2. The van der Waals surface area contributed by atoms with Gasteiger partial charge in [-0.15, -0.1) is 0 Å². The first kappa shape index (κ1) is 21.1. The Morgan fingerprint density at radius 3 is 1.86 bits per heavy atom. The standard InChI is InChI=1S/C22H27BN2O4/c1-14-10-15(2)12-17(11-14)20(27)25-24-19(26)16-8-7-9-18(13-16)23-28-21(3,4)22(5,6)29-23/h7-13H,1-6H3,(H,24,26)(H,25,27). The summed E-state index contributed by atoms with van der Waals surface area (Å²) in [5.41, 5.74) is 7.62. The van der Waals surface area contributed by atoms with Crippen LogP contribution in [0.3, 0.4) is 0 Å². The molecule has 2 aromatic rings. The Balaban J connectivity index is 1.68. The topological polar surface area (TPSA) is 76.7 Å². The molecule has 6 nitrogen and oxygen atoms in total. The first-order valence-corrected chi connectivity index (χ1v) is 9.63. The Bertz CT molecular complexity index is 919. The SMILES string of the molecule is Cc1cc(C)cc(C(=O)NNC(=O)c2cccc(B3OC(C)(C)C(C)(C)O3)c2)c1. The molecule has 1 saturated heterocycles. The minimum absolute atomic E-state index is 0.368. The molecule has 1 fully saturated rings. The third-order valence-corrected chi connectivity index (χ3v) is 5.45. The van der Waals surface area contributed by atoms with Gasteiger partial charge in [-0.1, -0.05) is 29.3 Å². The molecule has 29 heavy (non-hydrogen) atoms. The lowest BCUT2D eigenvalue weighted by atomic mass is 9.78. The van der Waals surface area contributed by atoms with E-state index in [1.54, 1.807) is 30.3 Å². The highest BCUT2D eigenvalue weighted by Gasteiger charge is 2.51. The first-order chi connectivity index (χ1) is 13.5. The summed E-state index contributed by atoms with van der Waals surface area (Å²) < 4.78 is 12.1. The maximum absolute atomic E-state index is 12.5. The summed E-state index contributed by atoms with van der Waals surface area (Å²) in [6.07, 6.45) is 0. The molecule has 0 spiro atoms. The van der Waals surface area contributed by atoms with E-state index in [1.807, 2.05) is 53.7 Å². The van der Waals surface area contributed by atoms with E-state index in [2.05, 4.69) is 10.9 Å². The zero-order chi connectivity index (χ0) is 21.4. The number of hydrogen-bond donors (Lipinski definition) is 2. The number of amides is 2. The predicted octanol–water partition coefficient (Wildman–Crippen LogP) is 2.68. The van der Waals surface area contributed by atoms with Gasteiger partial charge in [0.2, 0.25) is 0 Å². The van der Waals surface area contributed by atoms with Crippen molar-refractivity contribution in [3.63, 3.8) is 0 Å². The molecule has 0 radical (unpaired) electrons. The van der Waals surface area contributed by atoms with Crippen molar-refractivity contribution in [2.45, 2.75) is 52.7 Å². The summed E-state index contributed by atoms with van der Waals surface area (Å²) in [6, 6.07) is 12.5. The second-order valence-corrected chi connectivity index (χ2v) is 8.50. The first-order valence-electron chi connectivity index (χ1n) is 9.63. The number of carbonyl (C=O) groups excluding carboxylic acids is 2. The molecular weight excluding hydrogens is 367 g/mol. The number of carbonyl (C=O) groups is 2. The van der Waals surface area contributed by atoms with Crippen molar-refractivity contribution in [3.05, 3.63) is 64.7 Å². The smallest absolute Gasteiger partial charge is 0.399 e. The second kappa shape index (κ2) is 7.65. The molecule has 0 aliphatic carbocycles. The fourth-order valence-corrected chi connectivity index (χ4v) is 3.17. The summed E-state index contributed by atoms with van der Waals surface area (Å²) in [5, 5.41) is 0. The van der Waals surface area contributed by atoms with Crippen LogP contribution in [0.2, 0.25) is 0 Å². The van der Waals surface area contributed by atoms with Crippen LogP contribution in [0.4, 0.5) is 0 Å². The Morgan fingerprint density at radius 1 is 0.793 bits per heavy atom. The normalized spacial score (nSPS) is 17.1. The van der Waals surface area contributed by atoms with Gasteiger partial charge in [0.25, 0.3) is 11.8 Å². The highest BCUT2D eigenvalue weighted by Crippen LogP contribution is 2.36. The van der Waals surface area contributed by atoms with Crippen LogP contribution in [-0.4, -0.2) is 30.1 Å². The molecule has 0 bridgehead atoms. The van der Waals surface area contributed by atoms with Crippen molar-refractivity contribution in [2.75, 3.05) is 0 Å². The van der Waals surface area contributed by atoms with Crippen molar-refractivity contribution in [1.82, 2.24) is 10.9 Å². The maximum atomic E-state index is 12.5. The highest BCUT2D eigenvalue weighted by atomic mass is 16.7. The van der Waals surface area contributed by atoms with Crippen LogP contribution in [0.25, 0.3) is 0 Å². The average molecular weight is 394 g/mol. The van der Waals surface area contributed by atoms with Crippen LogP contribution in [0, 0.1) is 13.8 Å². The second-order valence-electron chi connectivity index (χ2n) is 8.50. The lowest BCUT2D eigenvalue weighted by Gasteiger charge is -2.32. The Labute approximate surface area is 172 Å². The van der Waals surface area contributed by atoms with Crippen LogP contribution in [0.5, 0.6) is 0 Å². The Morgan fingerprint density at radius 2 is 1.31 bits per heavy atom. The third-order valence-electron chi connectivity index (χ3n) is 5.45. The van der Waals surface area contributed by atoms with Gasteiger partial charge in [0, 0.05) is 11.1 Å². The van der Waals surface area contributed by atoms with Gasteiger partial charge in [0.15, 0.2) is 0 Å². The quantitative estimate of drug-likeness (QED) is 0.620. The van der Waals surface area contributed by atoms with Gasteiger partial charge in [-0.25, -0.2) is 0 Å². The van der Waals surface area contributed by atoms with Gasteiger partial charge in [-0.3, -0.25) is 20.4 Å². The maximum Gasteiger partial charge on any atom is 0.494 e. The largest absolute Gasteiger partial charge is 0.494 e. The van der Waals surface area contributed by atoms with Gasteiger partial charge >= 0.3 is 7.12 Å². The molecule has 2 N–H and O–H groups in total. The summed E-state index contributed by atoms with van der Waals surface area (Å²) in [5.74, 6) is -0.784. The van der Waals surface area contributed by atoms with Crippen LogP contribution in [0.1, 0.15) is 59.5 Å². The van der Waals surface area contributed by atoms with Gasteiger partial charge in [-0.05, 0) is 71.3 Å². The average Bonchev–Trinajstić information content (AvgIpc) is 2.86. The minimum Gasteiger partial charge on any atom is -0.399 e. The van der Waals surface area contributed by atoms with E-state index in [0.717, 1.165) is 16.6 Å². The van der Waals surface area contributed by atoms with Gasteiger partial charge in [0.05, 0.1) is 11.2 Å². The molecule has 7 heteroatoms. The highest BCUT2D eigenvalue weighted by molar-refractivity contribution is 6.62. The van der Waals surface area contributed by atoms with Crippen molar-refractivity contribution >= 4 is 24.4 Å². The predicted molar refractivity (Wildman–Crippen MR) is 113 cm³/mol. The number of hydrazine groups is 1. The van der Waals surface area contributed by atoms with Crippen LogP contribution >= 0.6 is 0 Å². The molecule has 0 aromatic heterocycles. The molecule has 2 amide bonds. The number of rotatable bonds is 3. The van der Waals surface area contributed by atoms with E-state index in [4.69, 9.17) is 9.31 Å². The molecule has 1 aliphatic heterocycles. The number of benzene rings is 2. The van der Waals surface area contributed by atoms with E-state index in [-0.39, 0.29) is 5.91 Å². The monoisotopic (exact) mass is 394 g/mol. The molecule has 152 valence electrons. The van der Waals surface area contributed by atoms with Gasteiger partial charge in [-0.2, -0.15) is 0 Å². The van der Waals surface area contributed by atoms with Crippen molar-refractivity contribution in [2.24, 2.45) is 0 Å². The summed E-state index contributed by atoms with van der Waals surface area (Å²) in [7, 11) is -0.558. The van der Waals surface area contributed by atoms with E-state index >= 15 is 0 Å². The molecule has 0 saturated carbocycles. The van der Waals surface area contributed by atoms with E-state index < -0.39 is 24.2 Å². The Hall–Kier alpha value is -2.64. The van der Waals surface area contributed by atoms with Crippen molar-refractivity contribution in [3.8, 4) is 0 Å². The lowest BCUT2D eigenvalue weighted by molar-refractivity contribution is 0.00578. The van der Waals surface area contributed by atoms with Gasteiger partial charge < -0.3 is 9.31 Å². The van der Waals surface area contributed by atoms with E-state index in [9.17, 15) is 9.59 Å². The zero-order valence-corrected chi connectivity index (χ0v) is 17.8. The molecule has 0 atom stereocenters. The van der Waals surface area contributed by atoms with Crippen molar-refractivity contribution in [1.29, 1.82) is 0 Å². The molecule has 3 rings (SSSR count). The summed E-state index contributed by atoms with van der Waals surface area (Å²) >= 11 is 0. The fourth-order valence-electron chi connectivity index (χ4n) is 3.17. The van der Waals surface area contributed by atoms with Crippen LogP contribution in [0.15, 0.2) is 42.5 Å². The van der Waals surface area contributed by atoms with Crippen LogP contribution in [-0.2, 0) is 9.31 Å². The van der Waals surface area contributed by atoms with E-state index in [0.29, 0.717) is 11.1 Å². The van der Waals surface area contributed by atoms with Crippen LogP contribution < -0.4 is 16.3 Å². The number of hydrogen-bond acceptors (Lipinski definition) is 4. The molecule has 1 aliphatic rings. The molecule has 2 aromatic carbocycles.